The Morgan fingerprint density at radius 2 is 2.46 bits per heavy atom. The van der Waals surface area contributed by atoms with E-state index < -0.39 is 0 Å². The minimum Gasteiger partial charge on any atom is -0.271 e. The van der Waals surface area contributed by atoms with Gasteiger partial charge in [0.15, 0.2) is 0 Å². The number of thiophene rings is 1. The van der Waals surface area contributed by atoms with Gasteiger partial charge in [-0.15, -0.1) is 6.58 Å². The molecule has 0 fully saturated rings. The Morgan fingerprint density at radius 3 is 2.92 bits per heavy atom. The molecule has 1 heterocycles. The van der Waals surface area contributed by atoms with Crippen LogP contribution >= 0.6 is 11.3 Å². The molecule has 0 amide bonds. The normalized spacial score (nSPS) is 12.8. The van der Waals surface area contributed by atoms with Gasteiger partial charge in [-0.3, -0.25) is 11.3 Å². The number of aryl methyl sites for hydroxylation is 1. The molecule has 1 aromatic rings. The summed E-state index contributed by atoms with van der Waals surface area (Å²) in [6.07, 6.45) is 3.92. The first-order chi connectivity index (χ1) is 6.29. The number of hydrogen-bond acceptors (Lipinski definition) is 3. The van der Waals surface area contributed by atoms with E-state index in [1.54, 1.807) is 11.3 Å². The summed E-state index contributed by atoms with van der Waals surface area (Å²) in [6.45, 7) is 5.82. The molecule has 0 bridgehead atoms. The Balaban J connectivity index is 2.66. The van der Waals surface area contributed by atoms with Gasteiger partial charge in [0, 0.05) is 6.04 Å². The second-order valence-electron chi connectivity index (χ2n) is 3.10. The third kappa shape index (κ3) is 2.66. The van der Waals surface area contributed by atoms with Crippen molar-refractivity contribution >= 4 is 11.3 Å². The van der Waals surface area contributed by atoms with E-state index in [1.807, 2.05) is 6.08 Å². The zero-order valence-corrected chi connectivity index (χ0v) is 8.73. The third-order valence-corrected chi connectivity index (χ3v) is 3.01. The topological polar surface area (TPSA) is 38.0 Å². The number of nitrogens with one attached hydrogen (secondary N) is 1. The van der Waals surface area contributed by atoms with Crippen molar-refractivity contribution in [1.82, 2.24) is 5.43 Å². The molecule has 72 valence electrons. The molecular weight excluding hydrogens is 180 g/mol. The van der Waals surface area contributed by atoms with Crippen molar-refractivity contribution in [3.05, 3.63) is 34.5 Å². The minimum atomic E-state index is 0.268. The molecular formula is C10H16N2S. The molecule has 1 rings (SSSR count). The summed E-state index contributed by atoms with van der Waals surface area (Å²) in [6, 6.07) is 0.268. The monoisotopic (exact) mass is 196 g/mol. The van der Waals surface area contributed by atoms with Crippen LogP contribution in [0, 0.1) is 6.92 Å². The fourth-order valence-corrected chi connectivity index (χ4v) is 2.25. The van der Waals surface area contributed by atoms with E-state index in [0.29, 0.717) is 0 Å². The average molecular weight is 196 g/mol. The molecule has 0 aliphatic heterocycles. The average Bonchev–Trinajstić information content (AvgIpc) is 2.54. The molecule has 0 saturated heterocycles. The molecule has 1 unspecified atom stereocenters. The van der Waals surface area contributed by atoms with Crippen LogP contribution in [0.1, 0.15) is 30.0 Å². The van der Waals surface area contributed by atoms with E-state index in [4.69, 9.17) is 5.84 Å². The van der Waals surface area contributed by atoms with Crippen molar-refractivity contribution in [2.75, 3.05) is 0 Å². The Morgan fingerprint density at radius 1 is 1.69 bits per heavy atom. The van der Waals surface area contributed by atoms with Gasteiger partial charge in [-0.2, -0.15) is 11.3 Å². The van der Waals surface area contributed by atoms with Gasteiger partial charge in [0.2, 0.25) is 0 Å². The van der Waals surface area contributed by atoms with Crippen LogP contribution in [-0.4, -0.2) is 0 Å². The van der Waals surface area contributed by atoms with Gasteiger partial charge >= 0.3 is 0 Å². The number of hydrogen-bond donors (Lipinski definition) is 2. The van der Waals surface area contributed by atoms with Gasteiger partial charge in [-0.1, -0.05) is 6.08 Å². The van der Waals surface area contributed by atoms with E-state index in [-0.39, 0.29) is 6.04 Å². The fourth-order valence-electron chi connectivity index (χ4n) is 1.34. The predicted octanol–water partition coefficient (Wildman–Crippen LogP) is 2.53. The third-order valence-electron chi connectivity index (χ3n) is 2.13. The van der Waals surface area contributed by atoms with E-state index in [2.05, 4.69) is 29.7 Å². The molecule has 13 heavy (non-hydrogen) atoms. The highest BCUT2D eigenvalue weighted by Gasteiger charge is 2.11. The van der Waals surface area contributed by atoms with Crippen molar-refractivity contribution in [2.24, 2.45) is 5.84 Å². The van der Waals surface area contributed by atoms with Crippen LogP contribution in [0.5, 0.6) is 0 Å². The minimum absolute atomic E-state index is 0.268. The van der Waals surface area contributed by atoms with Crippen molar-refractivity contribution in [1.29, 1.82) is 0 Å². The van der Waals surface area contributed by atoms with E-state index >= 15 is 0 Å². The molecule has 1 atom stereocenters. The summed E-state index contributed by atoms with van der Waals surface area (Å²) in [5.74, 6) is 5.49. The highest BCUT2D eigenvalue weighted by Crippen LogP contribution is 2.24. The van der Waals surface area contributed by atoms with Crippen molar-refractivity contribution in [3.63, 3.8) is 0 Å². The number of rotatable bonds is 5. The number of nitrogens with two attached hydrogens (primary N) is 1. The molecule has 0 aliphatic rings. The molecule has 0 radical (unpaired) electrons. The highest BCUT2D eigenvalue weighted by atomic mass is 32.1. The van der Waals surface area contributed by atoms with Crippen molar-refractivity contribution < 1.29 is 0 Å². The summed E-state index contributed by atoms with van der Waals surface area (Å²) >= 11 is 1.72. The molecule has 0 spiro atoms. The maximum Gasteiger partial charge on any atom is 0.0473 e. The first-order valence-corrected chi connectivity index (χ1v) is 5.33. The lowest BCUT2D eigenvalue weighted by molar-refractivity contribution is 0.520. The molecule has 3 heteroatoms. The fraction of sp³-hybridized carbons (Fsp3) is 0.400. The van der Waals surface area contributed by atoms with Crippen LogP contribution in [-0.2, 0) is 0 Å². The van der Waals surface area contributed by atoms with Crippen LogP contribution in [0.4, 0.5) is 0 Å². The summed E-state index contributed by atoms with van der Waals surface area (Å²) in [4.78, 5) is 0. The molecule has 2 nitrogen and oxygen atoms in total. The number of hydrazine groups is 1. The lowest BCUT2D eigenvalue weighted by Gasteiger charge is -2.14. The van der Waals surface area contributed by atoms with Gasteiger partial charge in [0.05, 0.1) is 0 Å². The van der Waals surface area contributed by atoms with E-state index in [9.17, 15) is 0 Å². The lowest BCUT2D eigenvalue weighted by Crippen LogP contribution is -2.28. The number of allylic oxidation sites excluding steroid dienone is 1. The second kappa shape index (κ2) is 5.17. The van der Waals surface area contributed by atoms with Crippen LogP contribution in [0.15, 0.2) is 23.4 Å². The largest absolute Gasteiger partial charge is 0.271 e. The lowest BCUT2D eigenvalue weighted by atomic mass is 10.0. The van der Waals surface area contributed by atoms with E-state index in [0.717, 1.165) is 12.8 Å². The molecule has 0 saturated carbocycles. The van der Waals surface area contributed by atoms with Gasteiger partial charge in [0.25, 0.3) is 0 Å². The van der Waals surface area contributed by atoms with Crippen LogP contribution < -0.4 is 11.3 Å². The molecule has 1 aromatic heterocycles. The standard InChI is InChI=1S/C10H16N2S/c1-3-4-5-10(12-11)9-7-13-6-8(9)2/h3,6-7,10,12H,1,4-5,11H2,2H3. The molecule has 3 N–H and O–H groups in total. The zero-order chi connectivity index (χ0) is 9.68. The van der Waals surface area contributed by atoms with Crippen LogP contribution in [0.2, 0.25) is 0 Å². The first kappa shape index (κ1) is 10.4. The summed E-state index contributed by atoms with van der Waals surface area (Å²) in [5.41, 5.74) is 5.47. The zero-order valence-electron chi connectivity index (χ0n) is 7.92. The van der Waals surface area contributed by atoms with Gasteiger partial charge in [-0.05, 0) is 41.7 Å². The molecule has 0 aromatic carbocycles. The maximum atomic E-state index is 5.49. The van der Waals surface area contributed by atoms with Crippen LogP contribution in [0.3, 0.4) is 0 Å². The van der Waals surface area contributed by atoms with Gasteiger partial charge < -0.3 is 0 Å². The van der Waals surface area contributed by atoms with Gasteiger partial charge in [-0.25, -0.2) is 0 Å². The van der Waals surface area contributed by atoms with Crippen molar-refractivity contribution in [2.45, 2.75) is 25.8 Å². The second-order valence-corrected chi connectivity index (χ2v) is 3.84. The Kier molecular flexibility index (Phi) is 4.15. The van der Waals surface area contributed by atoms with Gasteiger partial charge in [0.1, 0.15) is 0 Å². The SMILES string of the molecule is C=CCCC(NN)c1cscc1C. The first-order valence-electron chi connectivity index (χ1n) is 4.39. The van der Waals surface area contributed by atoms with E-state index in [1.165, 1.54) is 11.1 Å². The predicted molar refractivity (Wildman–Crippen MR) is 58.6 cm³/mol. The summed E-state index contributed by atoms with van der Waals surface area (Å²) < 4.78 is 0. The quantitative estimate of drug-likeness (QED) is 0.431. The highest BCUT2D eigenvalue weighted by molar-refractivity contribution is 7.08. The summed E-state index contributed by atoms with van der Waals surface area (Å²) in [5, 5.41) is 4.30. The van der Waals surface area contributed by atoms with Crippen LogP contribution in [0.25, 0.3) is 0 Å². The Hall–Kier alpha value is -0.640. The molecule has 0 aliphatic carbocycles. The summed E-state index contributed by atoms with van der Waals surface area (Å²) in [7, 11) is 0. The maximum absolute atomic E-state index is 5.49. The smallest absolute Gasteiger partial charge is 0.0473 e. The van der Waals surface area contributed by atoms with Crippen molar-refractivity contribution in [3.8, 4) is 0 Å². The Labute approximate surface area is 83.4 Å². The Bertz CT molecular complexity index is 268.